The van der Waals surface area contributed by atoms with Crippen LogP contribution < -0.4 is 5.32 Å². The third kappa shape index (κ3) is 4.94. The van der Waals surface area contributed by atoms with E-state index >= 15 is 0 Å². The Labute approximate surface area is 160 Å². The predicted octanol–water partition coefficient (Wildman–Crippen LogP) is 2.49. The molecule has 1 atom stereocenters. The van der Waals surface area contributed by atoms with E-state index in [1.807, 2.05) is 41.1 Å². The summed E-state index contributed by atoms with van der Waals surface area (Å²) in [5.41, 5.74) is 0.829. The normalized spacial score (nSPS) is 17.0. The van der Waals surface area contributed by atoms with Crippen molar-refractivity contribution in [2.24, 2.45) is 0 Å². The molecular weight excluding hydrogens is 344 g/mol. The molecule has 0 aliphatic carbocycles. The number of carbonyl (C=O) groups excluding carboxylic acids is 1. The van der Waals surface area contributed by atoms with Gasteiger partial charge in [-0.3, -0.25) is 4.79 Å². The van der Waals surface area contributed by atoms with Crippen molar-refractivity contribution >= 4 is 11.7 Å². The van der Waals surface area contributed by atoms with Crippen LogP contribution in [-0.2, 0) is 14.3 Å². The number of anilines is 1. The molecule has 1 aliphatic rings. The lowest BCUT2D eigenvalue weighted by molar-refractivity contribution is -0.126. The van der Waals surface area contributed by atoms with Crippen LogP contribution in [0.25, 0.3) is 0 Å². The first-order valence-electron chi connectivity index (χ1n) is 9.36. The molecule has 7 heteroatoms. The van der Waals surface area contributed by atoms with E-state index in [0.717, 1.165) is 44.6 Å². The van der Waals surface area contributed by atoms with Gasteiger partial charge in [-0.1, -0.05) is 30.3 Å². The Hall–Kier alpha value is -2.22. The Morgan fingerprint density at radius 3 is 2.63 bits per heavy atom. The Kier molecular flexibility index (Phi) is 6.98. The van der Waals surface area contributed by atoms with Gasteiger partial charge in [-0.25, -0.2) is 4.68 Å². The van der Waals surface area contributed by atoms with Gasteiger partial charge in [0.25, 0.3) is 5.91 Å². The minimum Gasteiger partial charge on any atom is -0.383 e. The molecule has 3 rings (SSSR count). The molecule has 0 bridgehead atoms. The molecule has 27 heavy (non-hydrogen) atoms. The number of hydrogen-bond donors (Lipinski definition) is 1. The molecule has 2 aromatic rings. The zero-order valence-electron chi connectivity index (χ0n) is 16.0. The summed E-state index contributed by atoms with van der Waals surface area (Å²) in [4.78, 5) is 15.1. The number of nitrogens with zero attached hydrogens (tertiary/aromatic N) is 3. The van der Waals surface area contributed by atoms with Crippen molar-refractivity contribution in [3.8, 4) is 0 Å². The van der Waals surface area contributed by atoms with Crippen molar-refractivity contribution in [3.63, 3.8) is 0 Å². The largest absolute Gasteiger partial charge is 0.383 e. The summed E-state index contributed by atoms with van der Waals surface area (Å²) in [5.74, 6) is 0.524. The molecule has 7 nitrogen and oxygen atoms in total. The maximum atomic E-state index is 12.7. The summed E-state index contributed by atoms with van der Waals surface area (Å²) in [7, 11) is 3.28. The van der Waals surface area contributed by atoms with Crippen molar-refractivity contribution in [2.45, 2.75) is 25.0 Å². The summed E-state index contributed by atoms with van der Waals surface area (Å²) in [6.07, 6.45) is 3.09. The van der Waals surface area contributed by atoms with Crippen molar-refractivity contribution in [2.75, 3.05) is 45.8 Å². The molecule has 1 fully saturated rings. The zero-order valence-corrected chi connectivity index (χ0v) is 16.0. The van der Waals surface area contributed by atoms with E-state index in [9.17, 15) is 4.79 Å². The minimum absolute atomic E-state index is 0.192. The summed E-state index contributed by atoms with van der Waals surface area (Å²) in [6.45, 7) is 3.72. The molecule has 0 radical (unpaired) electrons. The predicted molar refractivity (Wildman–Crippen MR) is 104 cm³/mol. The average Bonchev–Trinajstić information content (AvgIpc) is 3.16. The minimum atomic E-state index is -0.648. The Morgan fingerprint density at radius 1 is 1.22 bits per heavy atom. The molecule has 146 valence electrons. The second kappa shape index (κ2) is 9.64. The van der Waals surface area contributed by atoms with Crippen LogP contribution >= 0.6 is 0 Å². The zero-order chi connectivity index (χ0) is 19.1. The van der Waals surface area contributed by atoms with Crippen LogP contribution in [0, 0.1) is 0 Å². The second-order valence-electron chi connectivity index (χ2n) is 6.74. The number of benzene rings is 1. The Bertz CT molecular complexity index is 711. The SMILES string of the molecule is COCCN1CCC(n2nccc2NC(=O)[C@@H](OC)c2ccccc2)CC1. The second-order valence-corrected chi connectivity index (χ2v) is 6.74. The lowest BCUT2D eigenvalue weighted by Gasteiger charge is -2.32. The van der Waals surface area contributed by atoms with Crippen LogP contribution in [0.15, 0.2) is 42.6 Å². The van der Waals surface area contributed by atoms with Gasteiger partial charge in [-0.05, 0) is 18.4 Å². The smallest absolute Gasteiger partial charge is 0.259 e. The van der Waals surface area contributed by atoms with Crippen LogP contribution in [-0.4, -0.2) is 61.0 Å². The number of nitrogens with one attached hydrogen (secondary N) is 1. The van der Waals surface area contributed by atoms with Gasteiger partial charge in [0.1, 0.15) is 5.82 Å². The van der Waals surface area contributed by atoms with E-state index in [-0.39, 0.29) is 11.9 Å². The fraction of sp³-hybridized carbons (Fsp3) is 0.500. The first-order chi connectivity index (χ1) is 13.2. The first kappa shape index (κ1) is 19.5. The molecule has 1 aromatic heterocycles. The highest BCUT2D eigenvalue weighted by molar-refractivity contribution is 5.94. The maximum absolute atomic E-state index is 12.7. The van der Waals surface area contributed by atoms with Crippen molar-refractivity contribution in [1.82, 2.24) is 14.7 Å². The van der Waals surface area contributed by atoms with Gasteiger partial charge in [-0.15, -0.1) is 0 Å². The van der Waals surface area contributed by atoms with Gasteiger partial charge in [0.15, 0.2) is 6.10 Å². The molecule has 0 saturated carbocycles. The number of methoxy groups -OCH3 is 2. The molecule has 2 heterocycles. The van der Waals surface area contributed by atoms with E-state index in [2.05, 4.69) is 15.3 Å². The third-order valence-electron chi connectivity index (χ3n) is 5.01. The molecular formula is C20H28N4O3. The summed E-state index contributed by atoms with van der Waals surface area (Å²) < 4.78 is 12.5. The third-order valence-corrected chi connectivity index (χ3v) is 5.01. The van der Waals surface area contributed by atoms with Crippen LogP contribution in [0.3, 0.4) is 0 Å². The summed E-state index contributed by atoms with van der Waals surface area (Å²) in [6, 6.07) is 11.6. The van der Waals surface area contributed by atoms with E-state index in [4.69, 9.17) is 9.47 Å². The number of amides is 1. The van der Waals surface area contributed by atoms with Gasteiger partial charge in [0, 0.05) is 39.9 Å². The topological polar surface area (TPSA) is 68.6 Å². The Balaban J connectivity index is 1.63. The van der Waals surface area contributed by atoms with Gasteiger partial charge in [-0.2, -0.15) is 5.10 Å². The van der Waals surface area contributed by atoms with Crippen LogP contribution in [0.4, 0.5) is 5.82 Å². The fourth-order valence-electron chi connectivity index (χ4n) is 3.53. The number of ether oxygens (including phenoxy) is 2. The average molecular weight is 372 g/mol. The monoisotopic (exact) mass is 372 g/mol. The summed E-state index contributed by atoms with van der Waals surface area (Å²) in [5, 5.41) is 7.44. The Morgan fingerprint density at radius 2 is 1.96 bits per heavy atom. The van der Waals surface area contributed by atoms with E-state index in [1.54, 1.807) is 20.4 Å². The molecule has 0 spiro atoms. The highest BCUT2D eigenvalue weighted by Crippen LogP contribution is 2.26. The lowest BCUT2D eigenvalue weighted by Crippen LogP contribution is -2.37. The van der Waals surface area contributed by atoms with Crippen LogP contribution in [0.5, 0.6) is 0 Å². The number of aromatic nitrogens is 2. The molecule has 1 amide bonds. The van der Waals surface area contributed by atoms with Gasteiger partial charge >= 0.3 is 0 Å². The van der Waals surface area contributed by atoms with Crippen LogP contribution in [0.1, 0.15) is 30.6 Å². The molecule has 0 unspecified atom stereocenters. The number of piperidine rings is 1. The van der Waals surface area contributed by atoms with E-state index in [1.165, 1.54) is 0 Å². The van der Waals surface area contributed by atoms with E-state index < -0.39 is 6.10 Å². The molecule has 1 N–H and O–H groups in total. The number of rotatable bonds is 8. The van der Waals surface area contributed by atoms with Crippen LogP contribution in [0.2, 0.25) is 0 Å². The van der Waals surface area contributed by atoms with Crippen molar-refractivity contribution < 1.29 is 14.3 Å². The quantitative estimate of drug-likeness (QED) is 0.771. The highest BCUT2D eigenvalue weighted by Gasteiger charge is 2.25. The van der Waals surface area contributed by atoms with Gasteiger partial charge in [0.05, 0.1) is 18.8 Å². The van der Waals surface area contributed by atoms with Crippen molar-refractivity contribution in [1.29, 1.82) is 0 Å². The van der Waals surface area contributed by atoms with Gasteiger partial charge < -0.3 is 19.7 Å². The summed E-state index contributed by atoms with van der Waals surface area (Å²) >= 11 is 0. The maximum Gasteiger partial charge on any atom is 0.259 e. The molecule has 1 aliphatic heterocycles. The number of carbonyl (C=O) groups is 1. The standard InChI is InChI=1S/C20H28N4O3/c1-26-15-14-23-12-9-17(10-13-23)24-18(8-11-21-24)22-20(25)19(27-2)16-6-4-3-5-7-16/h3-8,11,17,19H,9-10,12-15H2,1-2H3,(H,22,25)/t19-/m0/s1. The number of likely N-dealkylation sites (tertiary alicyclic amines) is 1. The molecule has 1 saturated heterocycles. The molecule has 1 aromatic carbocycles. The highest BCUT2D eigenvalue weighted by atomic mass is 16.5. The first-order valence-corrected chi connectivity index (χ1v) is 9.36. The van der Waals surface area contributed by atoms with Crippen molar-refractivity contribution in [3.05, 3.63) is 48.2 Å². The lowest BCUT2D eigenvalue weighted by atomic mass is 10.1. The number of hydrogen-bond acceptors (Lipinski definition) is 5. The van der Waals surface area contributed by atoms with Gasteiger partial charge in [0.2, 0.25) is 0 Å². The van der Waals surface area contributed by atoms with E-state index in [0.29, 0.717) is 5.82 Å². The fourth-order valence-corrected chi connectivity index (χ4v) is 3.53.